The normalized spacial score (nSPS) is 10.0. The number of methoxy groups -OCH3 is 1. The van der Waals surface area contributed by atoms with Crippen LogP contribution in [0.15, 0.2) is 36.4 Å². The Balaban J connectivity index is 0.000000472. The fourth-order valence-electron chi connectivity index (χ4n) is 2.66. The van der Waals surface area contributed by atoms with E-state index in [-0.39, 0.29) is 23.0 Å². The number of rotatable bonds is 11. The van der Waals surface area contributed by atoms with Gasteiger partial charge in [-0.3, -0.25) is 4.79 Å². The van der Waals surface area contributed by atoms with E-state index in [4.69, 9.17) is 21.3 Å². The van der Waals surface area contributed by atoms with E-state index in [1.807, 2.05) is 6.07 Å². The van der Waals surface area contributed by atoms with Crippen molar-refractivity contribution in [2.24, 2.45) is 5.73 Å². The molecule has 0 atom stereocenters. The molecule has 186 valence electrons. The van der Waals surface area contributed by atoms with Gasteiger partial charge in [0.1, 0.15) is 5.56 Å². The molecule has 0 aliphatic heterocycles. The summed E-state index contributed by atoms with van der Waals surface area (Å²) in [4.78, 5) is 16.8. The summed E-state index contributed by atoms with van der Waals surface area (Å²) < 4.78 is 4.74. The first kappa shape index (κ1) is 30.2. The van der Waals surface area contributed by atoms with Crippen LogP contribution in [0.3, 0.4) is 0 Å². The molecular formula is C25H43N5O3. The van der Waals surface area contributed by atoms with Crippen LogP contribution in [0.5, 0.6) is 11.6 Å². The van der Waals surface area contributed by atoms with Crippen LogP contribution < -0.4 is 21.5 Å². The maximum atomic E-state index is 10.8. The van der Waals surface area contributed by atoms with Crippen molar-refractivity contribution in [2.75, 3.05) is 39.5 Å². The van der Waals surface area contributed by atoms with Crippen LogP contribution in [0.25, 0.3) is 0 Å². The lowest BCUT2D eigenvalue weighted by atomic mass is 10.2. The van der Waals surface area contributed by atoms with Gasteiger partial charge in [0.15, 0.2) is 11.6 Å². The number of nitrogen functional groups attached to an aromatic ring is 1. The Kier molecular flexibility index (Phi) is 17.1. The zero-order chi connectivity index (χ0) is 25.1. The van der Waals surface area contributed by atoms with E-state index in [1.54, 1.807) is 0 Å². The highest BCUT2D eigenvalue weighted by atomic mass is 16.5. The highest BCUT2D eigenvalue weighted by molar-refractivity contribution is 5.95. The summed E-state index contributed by atoms with van der Waals surface area (Å²) in [5.41, 5.74) is 11.6. The molecule has 0 saturated heterocycles. The van der Waals surface area contributed by atoms with Crippen molar-refractivity contribution in [3.8, 4) is 11.6 Å². The molecule has 0 unspecified atom stereocenters. The average Bonchev–Trinajstić information content (AvgIpc) is 2.83. The fraction of sp³-hybridized carbons (Fsp3) is 0.520. The van der Waals surface area contributed by atoms with Gasteiger partial charge in [-0.25, -0.2) is 0 Å². The van der Waals surface area contributed by atoms with Crippen molar-refractivity contribution in [1.29, 1.82) is 0 Å². The third kappa shape index (κ3) is 14.0. The molecule has 2 rings (SSSR count). The first-order valence-electron chi connectivity index (χ1n) is 11.6. The van der Waals surface area contributed by atoms with E-state index in [0.717, 1.165) is 19.2 Å². The predicted molar refractivity (Wildman–Crippen MR) is 137 cm³/mol. The SMILES string of the molecule is CCCCCCN(C)CC.CCNCc1ccccc1.COc1nc(N)c(O)cc1C(N)=O. The lowest BCUT2D eigenvalue weighted by Crippen LogP contribution is -2.18. The Morgan fingerprint density at radius 3 is 2.33 bits per heavy atom. The van der Waals surface area contributed by atoms with Crippen molar-refractivity contribution in [1.82, 2.24) is 15.2 Å². The van der Waals surface area contributed by atoms with Gasteiger partial charge in [-0.05, 0) is 38.7 Å². The standard InChI is InChI=1S/C9H13N.C9H21N.C7H9N3O3/c1-2-10-8-9-6-4-3-5-7-9;1-4-6-7-8-9-10(3)5-2;1-13-7-3(6(9)12)2-4(11)5(8)10-7/h3-7,10H,2,8H2,1H3;4-9H2,1-3H3;2,11H,1H3,(H2,8,10)(H2,9,12). The third-order valence-corrected chi connectivity index (χ3v) is 4.81. The number of pyridine rings is 1. The number of aromatic nitrogens is 1. The van der Waals surface area contributed by atoms with Gasteiger partial charge in [0, 0.05) is 12.6 Å². The maximum Gasteiger partial charge on any atom is 0.254 e. The number of amides is 1. The number of carbonyl (C=O) groups excluding carboxylic acids is 1. The van der Waals surface area contributed by atoms with E-state index in [9.17, 15) is 4.79 Å². The van der Waals surface area contributed by atoms with Gasteiger partial charge in [-0.15, -0.1) is 0 Å². The number of hydrogen-bond acceptors (Lipinski definition) is 7. The summed E-state index contributed by atoms with van der Waals surface area (Å²) in [6, 6.07) is 11.5. The Hall–Kier alpha value is -2.84. The molecule has 2 aromatic rings. The zero-order valence-electron chi connectivity index (χ0n) is 20.9. The van der Waals surface area contributed by atoms with E-state index in [1.165, 1.54) is 51.4 Å². The van der Waals surface area contributed by atoms with Crippen molar-refractivity contribution in [3.05, 3.63) is 47.5 Å². The Labute approximate surface area is 199 Å². The molecule has 1 heterocycles. The summed E-state index contributed by atoms with van der Waals surface area (Å²) in [6.07, 6.45) is 5.52. The minimum absolute atomic E-state index is 0.00259. The number of hydrogen-bond donors (Lipinski definition) is 4. The Morgan fingerprint density at radius 1 is 1.15 bits per heavy atom. The number of anilines is 1. The summed E-state index contributed by atoms with van der Waals surface area (Å²) in [5.74, 6) is -1.14. The van der Waals surface area contributed by atoms with Crippen LogP contribution in [0, 0.1) is 0 Å². The van der Waals surface area contributed by atoms with Crippen molar-refractivity contribution in [3.63, 3.8) is 0 Å². The fourth-order valence-corrected chi connectivity index (χ4v) is 2.66. The predicted octanol–water partition coefficient (Wildman–Crippen LogP) is 3.79. The monoisotopic (exact) mass is 461 g/mol. The highest BCUT2D eigenvalue weighted by Crippen LogP contribution is 2.25. The number of benzene rings is 1. The van der Waals surface area contributed by atoms with Gasteiger partial charge in [-0.2, -0.15) is 4.98 Å². The quantitative estimate of drug-likeness (QED) is 0.375. The number of nitrogens with two attached hydrogens (primary N) is 2. The molecule has 8 nitrogen and oxygen atoms in total. The van der Waals surface area contributed by atoms with Gasteiger partial charge >= 0.3 is 0 Å². The molecule has 1 aromatic heterocycles. The van der Waals surface area contributed by atoms with Crippen molar-refractivity contribution >= 4 is 11.7 Å². The van der Waals surface area contributed by atoms with E-state index in [2.05, 4.69) is 67.3 Å². The summed E-state index contributed by atoms with van der Waals surface area (Å²) >= 11 is 0. The molecule has 0 aliphatic rings. The molecule has 0 bridgehead atoms. The third-order valence-electron chi connectivity index (χ3n) is 4.81. The van der Waals surface area contributed by atoms with Crippen molar-refractivity contribution in [2.45, 2.75) is 53.0 Å². The highest BCUT2D eigenvalue weighted by Gasteiger charge is 2.13. The van der Waals surface area contributed by atoms with Crippen LogP contribution in [-0.2, 0) is 6.54 Å². The average molecular weight is 462 g/mol. The summed E-state index contributed by atoms with van der Waals surface area (Å²) in [7, 11) is 3.51. The maximum absolute atomic E-state index is 10.8. The molecule has 0 spiro atoms. The molecule has 1 amide bonds. The first-order valence-corrected chi connectivity index (χ1v) is 11.6. The van der Waals surface area contributed by atoms with Crippen LogP contribution in [0.2, 0.25) is 0 Å². The van der Waals surface area contributed by atoms with E-state index < -0.39 is 5.91 Å². The second kappa shape index (κ2) is 18.7. The minimum Gasteiger partial charge on any atom is -0.504 e. The van der Waals surface area contributed by atoms with Gasteiger partial charge in [-0.1, -0.05) is 70.4 Å². The number of ether oxygens (including phenoxy) is 1. The van der Waals surface area contributed by atoms with Crippen LogP contribution in [0.4, 0.5) is 5.82 Å². The van der Waals surface area contributed by atoms with Crippen LogP contribution >= 0.6 is 0 Å². The largest absolute Gasteiger partial charge is 0.504 e. The number of aromatic hydroxyl groups is 1. The molecule has 8 heteroatoms. The van der Waals surface area contributed by atoms with Gasteiger partial charge in [0.2, 0.25) is 5.88 Å². The van der Waals surface area contributed by atoms with Gasteiger partial charge in [0.25, 0.3) is 5.91 Å². The van der Waals surface area contributed by atoms with Gasteiger partial charge < -0.3 is 31.5 Å². The Bertz CT molecular complexity index is 772. The smallest absolute Gasteiger partial charge is 0.254 e. The number of nitrogens with zero attached hydrogens (tertiary/aromatic N) is 2. The molecule has 6 N–H and O–H groups in total. The molecule has 1 aromatic carbocycles. The lowest BCUT2D eigenvalue weighted by molar-refractivity contribution is 0.0996. The topological polar surface area (TPSA) is 127 Å². The number of carbonyl (C=O) groups is 1. The minimum atomic E-state index is -0.736. The Morgan fingerprint density at radius 2 is 1.82 bits per heavy atom. The number of unbranched alkanes of at least 4 members (excludes halogenated alkanes) is 3. The molecular weight excluding hydrogens is 418 g/mol. The lowest BCUT2D eigenvalue weighted by Gasteiger charge is -2.12. The summed E-state index contributed by atoms with van der Waals surface area (Å²) in [6.45, 7) is 11.1. The molecule has 33 heavy (non-hydrogen) atoms. The van der Waals surface area contributed by atoms with Gasteiger partial charge in [0.05, 0.1) is 7.11 Å². The number of primary amides is 1. The second-order valence-electron chi connectivity index (χ2n) is 7.54. The van der Waals surface area contributed by atoms with E-state index in [0.29, 0.717) is 0 Å². The second-order valence-corrected chi connectivity index (χ2v) is 7.54. The zero-order valence-corrected chi connectivity index (χ0v) is 20.9. The first-order chi connectivity index (χ1) is 15.8. The van der Waals surface area contributed by atoms with Crippen LogP contribution in [0.1, 0.15) is 62.4 Å². The van der Waals surface area contributed by atoms with E-state index >= 15 is 0 Å². The van der Waals surface area contributed by atoms with Crippen LogP contribution in [-0.4, -0.2) is 54.7 Å². The number of nitrogens with one attached hydrogen (secondary N) is 1. The molecule has 0 aliphatic carbocycles. The van der Waals surface area contributed by atoms with Crippen molar-refractivity contribution < 1.29 is 14.6 Å². The molecule has 0 fully saturated rings. The molecule has 0 radical (unpaired) electrons. The molecule has 0 saturated carbocycles. The summed E-state index contributed by atoms with van der Waals surface area (Å²) in [5, 5.41) is 12.4.